The van der Waals surface area contributed by atoms with Crippen LogP contribution in [-0.2, 0) is 5.54 Å². The van der Waals surface area contributed by atoms with Gasteiger partial charge in [-0.15, -0.1) is 0 Å². The first-order valence-corrected chi connectivity index (χ1v) is 12.0. The summed E-state index contributed by atoms with van der Waals surface area (Å²) in [4.78, 5) is 7.49. The molecule has 1 fully saturated rings. The van der Waals surface area contributed by atoms with Gasteiger partial charge in [-0.2, -0.15) is 0 Å². The van der Waals surface area contributed by atoms with Gasteiger partial charge in [-0.3, -0.25) is 0 Å². The van der Waals surface area contributed by atoms with Crippen molar-refractivity contribution in [1.82, 2.24) is 14.9 Å². The molecular formula is C30H28N4. The molecule has 1 aliphatic heterocycles. The molecule has 0 atom stereocenters. The van der Waals surface area contributed by atoms with Gasteiger partial charge in [0.1, 0.15) is 11.1 Å². The number of para-hydroxylation sites is 1. The Morgan fingerprint density at radius 1 is 0.618 bits per heavy atom. The molecule has 2 heterocycles. The van der Waals surface area contributed by atoms with Crippen LogP contribution >= 0.6 is 0 Å². The minimum atomic E-state index is -0.555. The summed E-state index contributed by atoms with van der Waals surface area (Å²) >= 11 is 0. The number of aromatic nitrogens is 2. The Morgan fingerprint density at radius 2 is 1.15 bits per heavy atom. The molecule has 1 aromatic heterocycles. The van der Waals surface area contributed by atoms with E-state index in [1.165, 1.54) is 22.4 Å². The number of nitrogens with one attached hydrogen (secondary N) is 1. The van der Waals surface area contributed by atoms with Gasteiger partial charge in [-0.05, 0) is 28.8 Å². The molecule has 4 nitrogen and oxygen atoms in total. The molecule has 168 valence electrons. The normalized spacial score (nSPS) is 14.4. The van der Waals surface area contributed by atoms with Crippen molar-refractivity contribution < 1.29 is 0 Å². The molecule has 34 heavy (non-hydrogen) atoms. The molecule has 0 saturated carbocycles. The molecule has 0 amide bonds. The molecule has 4 heteroatoms. The molecule has 1 aliphatic rings. The summed E-state index contributed by atoms with van der Waals surface area (Å²) in [5.41, 5.74) is 6.46. The van der Waals surface area contributed by atoms with Gasteiger partial charge in [-0.1, -0.05) is 97.1 Å². The van der Waals surface area contributed by atoms with Crippen LogP contribution in [-0.4, -0.2) is 35.7 Å². The summed E-state index contributed by atoms with van der Waals surface area (Å²) in [5, 5.41) is 3.46. The fourth-order valence-corrected chi connectivity index (χ4v) is 5.41. The van der Waals surface area contributed by atoms with E-state index in [1.54, 1.807) is 0 Å². The number of hydrogen-bond donors (Lipinski definition) is 1. The minimum Gasteiger partial charge on any atom is -0.367 e. The van der Waals surface area contributed by atoms with Gasteiger partial charge in [0.2, 0.25) is 0 Å². The number of anilines is 1. The second-order valence-corrected chi connectivity index (χ2v) is 8.80. The smallest absolute Gasteiger partial charge is 0.122 e. The van der Waals surface area contributed by atoms with Crippen molar-refractivity contribution in [3.05, 3.63) is 132 Å². The van der Waals surface area contributed by atoms with E-state index < -0.39 is 5.54 Å². The van der Waals surface area contributed by atoms with Crippen molar-refractivity contribution in [1.29, 1.82) is 0 Å². The lowest BCUT2D eigenvalue weighted by Gasteiger charge is -2.38. The Morgan fingerprint density at radius 3 is 1.68 bits per heavy atom. The molecule has 0 radical (unpaired) electrons. The highest BCUT2D eigenvalue weighted by atomic mass is 15.2. The number of imidazole rings is 1. The van der Waals surface area contributed by atoms with Crippen molar-refractivity contribution >= 4 is 16.7 Å². The van der Waals surface area contributed by atoms with Crippen molar-refractivity contribution in [3.8, 4) is 0 Å². The van der Waals surface area contributed by atoms with Crippen LogP contribution in [0.3, 0.4) is 0 Å². The Bertz CT molecular complexity index is 1270. The Hall–Kier alpha value is -3.89. The second kappa shape index (κ2) is 8.81. The second-order valence-electron chi connectivity index (χ2n) is 8.80. The third-order valence-corrected chi connectivity index (χ3v) is 6.95. The third-order valence-electron chi connectivity index (χ3n) is 6.95. The molecule has 0 unspecified atom stereocenters. The van der Waals surface area contributed by atoms with E-state index >= 15 is 0 Å². The summed E-state index contributed by atoms with van der Waals surface area (Å²) < 4.78 is 2.37. The van der Waals surface area contributed by atoms with Gasteiger partial charge in [0.25, 0.3) is 0 Å². The number of rotatable bonds is 5. The highest BCUT2D eigenvalue weighted by molar-refractivity contribution is 5.90. The lowest BCUT2D eigenvalue weighted by molar-refractivity contribution is 0.529. The van der Waals surface area contributed by atoms with E-state index in [2.05, 4.69) is 124 Å². The fraction of sp³-hybridized carbons (Fsp3) is 0.167. The first-order chi connectivity index (χ1) is 16.9. The Balaban J connectivity index is 1.68. The predicted molar refractivity (Wildman–Crippen MR) is 139 cm³/mol. The molecule has 0 bridgehead atoms. The molecule has 5 aromatic rings. The highest BCUT2D eigenvalue weighted by Gasteiger charge is 2.39. The van der Waals surface area contributed by atoms with E-state index in [9.17, 15) is 0 Å². The highest BCUT2D eigenvalue weighted by Crippen LogP contribution is 2.43. The van der Waals surface area contributed by atoms with Gasteiger partial charge < -0.3 is 14.8 Å². The summed E-state index contributed by atoms with van der Waals surface area (Å²) in [7, 11) is 0. The van der Waals surface area contributed by atoms with Crippen molar-refractivity contribution in [3.63, 3.8) is 0 Å². The van der Waals surface area contributed by atoms with Crippen LogP contribution in [0.4, 0.5) is 5.69 Å². The van der Waals surface area contributed by atoms with Crippen molar-refractivity contribution in [2.45, 2.75) is 5.54 Å². The Labute approximate surface area is 200 Å². The van der Waals surface area contributed by atoms with Gasteiger partial charge in [0.05, 0.1) is 17.5 Å². The van der Waals surface area contributed by atoms with E-state index in [1.807, 2.05) is 6.33 Å². The lowest BCUT2D eigenvalue weighted by atomic mass is 9.76. The van der Waals surface area contributed by atoms with Crippen LogP contribution in [0.2, 0.25) is 0 Å². The predicted octanol–water partition coefficient (Wildman–Crippen LogP) is 5.29. The molecule has 1 saturated heterocycles. The van der Waals surface area contributed by atoms with Crippen LogP contribution in [0, 0.1) is 0 Å². The molecule has 4 aromatic carbocycles. The van der Waals surface area contributed by atoms with Gasteiger partial charge >= 0.3 is 0 Å². The lowest BCUT2D eigenvalue weighted by Crippen LogP contribution is -2.43. The zero-order valence-electron chi connectivity index (χ0n) is 19.1. The molecule has 1 N–H and O–H groups in total. The van der Waals surface area contributed by atoms with Crippen molar-refractivity contribution in [2.75, 3.05) is 31.1 Å². The van der Waals surface area contributed by atoms with E-state index in [0.717, 1.165) is 37.2 Å². The number of nitrogens with zero attached hydrogens (tertiary/aromatic N) is 3. The zero-order chi connectivity index (χ0) is 22.8. The molecule has 6 rings (SSSR count). The fourth-order valence-electron chi connectivity index (χ4n) is 5.41. The molecular weight excluding hydrogens is 416 g/mol. The monoisotopic (exact) mass is 444 g/mol. The van der Waals surface area contributed by atoms with Crippen LogP contribution in [0.5, 0.6) is 0 Å². The standard InChI is InChI=1S/C30H28N4/c1-4-11-24(12-5-1)30(25-13-6-2-7-14-25,26-15-8-3-9-16-26)34-23-32-29-27(17-10-18-28(29)34)33-21-19-31-20-22-33/h1-18,23,31H,19-22H2. The topological polar surface area (TPSA) is 33.1 Å². The average Bonchev–Trinajstić information content (AvgIpc) is 3.36. The largest absolute Gasteiger partial charge is 0.367 e. The van der Waals surface area contributed by atoms with E-state index in [0.29, 0.717) is 0 Å². The molecule has 0 spiro atoms. The maximum atomic E-state index is 5.04. The number of benzene rings is 4. The van der Waals surface area contributed by atoms with Crippen LogP contribution in [0.15, 0.2) is 116 Å². The van der Waals surface area contributed by atoms with Crippen molar-refractivity contribution in [2.24, 2.45) is 0 Å². The van der Waals surface area contributed by atoms with Crippen LogP contribution in [0.1, 0.15) is 16.7 Å². The number of piperazine rings is 1. The summed E-state index contributed by atoms with van der Waals surface area (Å²) in [6, 6.07) is 39.0. The number of fused-ring (bicyclic) bond motifs is 1. The average molecular weight is 445 g/mol. The first kappa shape index (κ1) is 20.7. The maximum Gasteiger partial charge on any atom is 0.122 e. The van der Waals surface area contributed by atoms with Crippen LogP contribution in [0.25, 0.3) is 11.0 Å². The first-order valence-electron chi connectivity index (χ1n) is 12.0. The summed E-state index contributed by atoms with van der Waals surface area (Å²) in [6.45, 7) is 3.98. The number of hydrogen-bond acceptors (Lipinski definition) is 3. The van der Waals surface area contributed by atoms with E-state index in [-0.39, 0.29) is 0 Å². The molecule has 0 aliphatic carbocycles. The maximum absolute atomic E-state index is 5.04. The third kappa shape index (κ3) is 3.30. The minimum absolute atomic E-state index is 0.555. The Kier molecular flexibility index (Phi) is 5.36. The zero-order valence-corrected chi connectivity index (χ0v) is 19.1. The summed E-state index contributed by atoms with van der Waals surface area (Å²) in [5.74, 6) is 0. The SMILES string of the molecule is c1ccc(C(c2ccccc2)(c2ccccc2)n2cnc3c(N4CCNCC4)cccc32)cc1. The quantitative estimate of drug-likeness (QED) is 0.374. The van der Waals surface area contributed by atoms with Gasteiger partial charge in [0, 0.05) is 26.2 Å². The van der Waals surface area contributed by atoms with Crippen LogP contribution < -0.4 is 10.2 Å². The summed E-state index contributed by atoms with van der Waals surface area (Å²) in [6.07, 6.45) is 2.03. The van der Waals surface area contributed by atoms with E-state index in [4.69, 9.17) is 4.98 Å². The van der Waals surface area contributed by atoms with Gasteiger partial charge in [-0.25, -0.2) is 4.98 Å². The van der Waals surface area contributed by atoms with Gasteiger partial charge in [0.15, 0.2) is 0 Å².